The van der Waals surface area contributed by atoms with Gasteiger partial charge in [0.15, 0.2) is 0 Å². The lowest BCUT2D eigenvalue weighted by molar-refractivity contribution is -0.0222. The normalized spacial score (nSPS) is 47.5. The maximum absolute atomic E-state index is 9.44. The second-order valence-electron chi connectivity index (χ2n) is 4.36. The fourth-order valence-electron chi connectivity index (χ4n) is 2.81. The molecule has 0 aromatic heterocycles. The van der Waals surface area contributed by atoms with Crippen molar-refractivity contribution in [1.29, 1.82) is 0 Å². The van der Waals surface area contributed by atoms with E-state index in [0.717, 1.165) is 19.4 Å². The Bertz CT molecular complexity index is 167. The zero-order chi connectivity index (χ0) is 8.60. The predicted octanol–water partition coefficient (Wildman–Crippen LogP) is 1.57. The van der Waals surface area contributed by atoms with Crippen LogP contribution in [-0.2, 0) is 4.74 Å². The van der Waals surface area contributed by atoms with Crippen molar-refractivity contribution in [3.05, 3.63) is 0 Å². The Morgan fingerprint density at radius 1 is 1.50 bits per heavy atom. The molecule has 1 saturated heterocycles. The smallest absolute Gasteiger partial charge is 0.0656 e. The first-order chi connectivity index (χ1) is 5.79. The third kappa shape index (κ3) is 1.01. The van der Waals surface area contributed by atoms with Gasteiger partial charge in [-0.2, -0.15) is 0 Å². The molecule has 0 amide bonds. The van der Waals surface area contributed by atoms with Crippen molar-refractivity contribution in [2.75, 3.05) is 13.2 Å². The summed E-state index contributed by atoms with van der Waals surface area (Å²) >= 11 is 0. The maximum Gasteiger partial charge on any atom is 0.0656 e. The number of hydrogen-bond acceptors (Lipinski definition) is 2. The molecule has 2 rings (SSSR count). The van der Waals surface area contributed by atoms with Crippen LogP contribution in [0.1, 0.15) is 32.6 Å². The van der Waals surface area contributed by atoms with Crippen molar-refractivity contribution in [2.45, 2.75) is 38.7 Å². The van der Waals surface area contributed by atoms with E-state index in [-0.39, 0.29) is 5.41 Å². The molecule has 1 N–H and O–H groups in total. The molecule has 1 aliphatic carbocycles. The van der Waals surface area contributed by atoms with E-state index in [0.29, 0.717) is 18.6 Å². The van der Waals surface area contributed by atoms with Crippen LogP contribution in [0.3, 0.4) is 0 Å². The highest BCUT2D eigenvalue weighted by Gasteiger charge is 2.49. The summed E-state index contributed by atoms with van der Waals surface area (Å²) in [6.45, 7) is 3.38. The molecule has 2 nitrogen and oxygen atoms in total. The molecule has 0 bridgehead atoms. The van der Waals surface area contributed by atoms with Crippen molar-refractivity contribution in [2.24, 2.45) is 11.3 Å². The molecular formula is C10H18O2. The van der Waals surface area contributed by atoms with Crippen LogP contribution in [-0.4, -0.2) is 24.4 Å². The summed E-state index contributed by atoms with van der Waals surface area (Å²) in [5, 5.41) is 9.44. The Labute approximate surface area is 73.9 Å². The summed E-state index contributed by atoms with van der Waals surface area (Å²) < 4.78 is 5.70. The van der Waals surface area contributed by atoms with Crippen LogP contribution in [0, 0.1) is 11.3 Å². The Kier molecular flexibility index (Phi) is 2.13. The van der Waals surface area contributed by atoms with Gasteiger partial charge >= 0.3 is 0 Å². The van der Waals surface area contributed by atoms with Gasteiger partial charge in [-0.05, 0) is 18.8 Å². The van der Waals surface area contributed by atoms with Gasteiger partial charge in [0.05, 0.1) is 19.3 Å². The second-order valence-corrected chi connectivity index (χ2v) is 4.36. The van der Waals surface area contributed by atoms with Crippen molar-refractivity contribution < 1.29 is 9.84 Å². The first kappa shape index (κ1) is 8.52. The van der Waals surface area contributed by atoms with Gasteiger partial charge < -0.3 is 9.84 Å². The van der Waals surface area contributed by atoms with Crippen LogP contribution >= 0.6 is 0 Å². The third-order valence-electron chi connectivity index (χ3n) is 3.82. The topological polar surface area (TPSA) is 29.5 Å². The fraction of sp³-hybridized carbons (Fsp3) is 1.00. The number of aliphatic hydroxyl groups excluding tert-OH is 1. The summed E-state index contributed by atoms with van der Waals surface area (Å²) in [6, 6.07) is 0. The van der Waals surface area contributed by atoms with Crippen LogP contribution in [0.15, 0.2) is 0 Å². The molecule has 0 spiro atoms. The van der Waals surface area contributed by atoms with Gasteiger partial charge in [0.1, 0.15) is 0 Å². The summed E-state index contributed by atoms with van der Waals surface area (Å²) in [5.41, 5.74) is 0.123. The molecule has 1 heterocycles. The number of hydrogen-bond donors (Lipinski definition) is 1. The minimum atomic E-state index is 0.123. The second kappa shape index (κ2) is 3.00. The average Bonchev–Trinajstić information content (AvgIpc) is 2.45. The van der Waals surface area contributed by atoms with Crippen LogP contribution in [0.5, 0.6) is 0 Å². The van der Waals surface area contributed by atoms with Gasteiger partial charge in [-0.3, -0.25) is 0 Å². The Hall–Kier alpha value is -0.0800. The molecule has 2 heteroatoms. The number of rotatable bonds is 1. The fourth-order valence-corrected chi connectivity index (χ4v) is 2.81. The van der Waals surface area contributed by atoms with Gasteiger partial charge in [-0.25, -0.2) is 0 Å². The highest BCUT2D eigenvalue weighted by Crippen LogP contribution is 2.48. The molecule has 0 unspecified atom stereocenters. The Balaban J connectivity index is 2.19. The molecule has 2 aliphatic rings. The molecule has 70 valence electrons. The average molecular weight is 170 g/mol. The first-order valence-electron chi connectivity index (χ1n) is 5.02. The molecule has 0 aromatic carbocycles. The zero-order valence-corrected chi connectivity index (χ0v) is 7.75. The van der Waals surface area contributed by atoms with Crippen LogP contribution in [0.4, 0.5) is 0 Å². The van der Waals surface area contributed by atoms with E-state index < -0.39 is 0 Å². The number of fused-ring (bicyclic) bond motifs is 1. The number of aliphatic hydroxyl groups is 1. The molecule has 2 fully saturated rings. The van der Waals surface area contributed by atoms with E-state index in [1.165, 1.54) is 12.8 Å². The van der Waals surface area contributed by atoms with Gasteiger partial charge in [0, 0.05) is 5.41 Å². The van der Waals surface area contributed by atoms with E-state index in [4.69, 9.17) is 4.74 Å². The van der Waals surface area contributed by atoms with Crippen molar-refractivity contribution >= 4 is 0 Å². The van der Waals surface area contributed by atoms with E-state index in [2.05, 4.69) is 6.92 Å². The van der Waals surface area contributed by atoms with Crippen molar-refractivity contribution in [3.63, 3.8) is 0 Å². The summed E-state index contributed by atoms with van der Waals surface area (Å²) in [7, 11) is 0. The quantitative estimate of drug-likeness (QED) is 0.647. The predicted molar refractivity (Wildman–Crippen MR) is 46.9 cm³/mol. The van der Waals surface area contributed by atoms with E-state index in [1.807, 2.05) is 0 Å². The summed E-state index contributed by atoms with van der Waals surface area (Å²) in [6.07, 6.45) is 5.22. The van der Waals surface area contributed by atoms with E-state index >= 15 is 0 Å². The minimum absolute atomic E-state index is 0.123. The lowest BCUT2D eigenvalue weighted by atomic mass is 9.67. The molecular weight excluding hydrogens is 152 g/mol. The van der Waals surface area contributed by atoms with Gasteiger partial charge in [-0.15, -0.1) is 0 Å². The minimum Gasteiger partial charge on any atom is -0.396 e. The van der Waals surface area contributed by atoms with Crippen LogP contribution in [0.2, 0.25) is 0 Å². The van der Waals surface area contributed by atoms with Crippen molar-refractivity contribution in [1.82, 2.24) is 0 Å². The Morgan fingerprint density at radius 3 is 3.00 bits per heavy atom. The highest BCUT2D eigenvalue weighted by molar-refractivity contribution is 4.97. The highest BCUT2D eigenvalue weighted by atomic mass is 16.5. The van der Waals surface area contributed by atoms with Gasteiger partial charge in [0.25, 0.3) is 0 Å². The van der Waals surface area contributed by atoms with Gasteiger partial charge in [0.2, 0.25) is 0 Å². The van der Waals surface area contributed by atoms with Crippen LogP contribution < -0.4 is 0 Å². The SMILES string of the molecule is C[C@H]1CO[C@H]2CCCC[C@]21CO. The van der Waals surface area contributed by atoms with Gasteiger partial charge in [-0.1, -0.05) is 19.8 Å². The maximum atomic E-state index is 9.44. The molecule has 0 radical (unpaired) electrons. The molecule has 3 atom stereocenters. The summed E-state index contributed by atoms with van der Waals surface area (Å²) in [5.74, 6) is 0.549. The molecule has 0 aromatic rings. The summed E-state index contributed by atoms with van der Waals surface area (Å²) in [4.78, 5) is 0. The zero-order valence-electron chi connectivity index (χ0n) is 7.75. The monoisotopic (exact) mass is 170 g/mol. The largest absolute Gasteiger partial charge is 0.396 e. The molecule has 12 heavy (non-hydrogen) atoms. The van der Waals surface area contributed by atoms with Crippen LogP contribution in [0.25, 0.3) is 0 Å². The lowest BCUT2D eigenvalue weighted by Crippen LogP contribution is -2.41. The number of ether oxygens (including phenoxy) is 1. The molecule has 1 aliphatic heterocycles. The van der Waals surface area contributed by atoms with E-state index in [9.17, 15) is 5.11 Å². The standard InChI is InChI=1S/C10H18O2/c1-8-6-12-9-4-2-3-5-10(8,9)7-11/h8-9,11H,2-7H2,1H3/t8-,9-,10+/m0/s1. The Morgan fingerprint density at radius 2 is 2.33 bits per heavy atom. The van der Waals surface area contributed by atoms with Crippen molar-refractivity contribution in [3.8, 4) is 0 Å². The first-order valence-corrected chi connectivity index (χ1v) is 5.02. The van der Waals surface area contributed by atoms with E-state index in [1.54, 1.807) is 0 Å². The lowest BCUT2D eigenvalue weighted by Gasteiger charge is -2.39. The molecule has 1 saturated carbocycles. The third-order valence-corrected chi connectivity index (χ3v) is 3.82.